The minimum absolute atomic E-state index is 0.481. The van der Waals surface area contributed by atoms with Crippen LogP contribution in [-0.4, -0.2) is 21.9 Å². The van der Waals surface area contributed by atoms with Crippen LogP contribution < -0.4 is 4.74 Å². The lowest BCUT2D eigenvalue weighted by atomic mass is 10.0. The van der Waals surface area contributed by atoms with E-state index in [9.17, 15) is 0 Å². The van der Waals surface area contributed by atoms with Crippen molar-refractivity contribution in [3.05, 3.63) is 30.1 Å². The SMILES string of the molecule is COc1cc(C(C)C)ccc1-c1ncn(C)n1. The van der Waals surface area contributed by atoms with E-state index in [0.29, 0.717) is 11.7 Å². The van der Waals surface area contributed by atoms with Gasteiger partial charge in [0.15, 0.2) is 5.82 Å². The summed E-state index contributed by atoms with van der Waals surface area (Å²) in [6, 6.07) is 6.17. The summed E-state index contributed by atoms with van der Waals surface area (Å²) in [5.74, 6) is 2.00. The zero-order valence-electron chi connectivity index (χ0n) is 10.6. The van der Waals surface area contributed by atoms with E-state index >= 15 is 0 Å². The zero-order valence-corrected chi connectivity index (χ0v) is 10.6. The highest BCUT2D eigenvalue weighted by molar-refractivity contribution is 5.64. The molecule has 0 aliphatic carbocycles. The Labute approximate surface area is 101 Å². The molecule has 0 bridgehead atoms. The number of rotatable bonds is 3. The quantitative estimate of drug-likeness (QED) is 0.815. The van der Waals surface area contributed by atoms with Crippen molar-refractivity contribution in [2.45, 2.75) is 19.8 Å². The first-order valence-electron chi connectivity index (χ1n) is 5.65. The summed E-state index contributed by atoms with van der Waals surface area (Å²) in [6.45, 7) is 4.32. The smallest absolute Gasteiger partial charge is 0.184 e. The van der Waals surface area contributed by atoms with Crippen LogP contribution in [0.4, 0.5) is 0 Å². The maximum Gasteiger partial charge on any atom is 0.184 e. The van der Waals surface area contributed by atoms with Crippen molar-refractivity contribution >= 4 is 0 Å². The Bertz CT molecular complexity index is 517. The number of hydrogen-bond donors (Lipinski definition) is 0. The molecule has 0 fully saturated rings. The Balaban J connectivity index is 2.48. The van der Waals surface area contributed by atoms with Crippen molar-refractivity contribution < 1.29 is 4.74 Å². The molecule has 1 aromatic carbocycles. The predicted molar refractivity (Wildman–Crippen MR) is 67.1 cm³/mol. The van der Waals surface area contributed by atoms with Gasteiger partial charge in [0.2, 0.25) is 0 Å². The van der Waals surface area contributed by atoms with Crippen LogP contribution in [0.15, 0.2) is 24.5 Å². The lowest BCUT2D eigenvalue weighted by Crippen LogP contribution is -1.94. The number of methoxy groups -OCH3 is 1. The first-order valence-corrected chi connectivity index (χ1v) is 5.65. The molecule has 4 nitrogen and oxygen atoms in total. The highest BCUT2D eigenvalue weighted by atomic mass is 16.5. The molecule has 0 spiro atoms. The van der Waals surface area contributed by atoms with Gasteiger partial charge in [-0.1, -0.05) is 19.9 Å². The number of aromatic nitrogens is 3. The molecule has 2 aromatic rings. The topological polar surface area (TPSA) is 39.9 Å². The third-order valence-electron chi connectivity index (χ3n) is 2.73. The highest BCUT2D eigenvalue weighted by Gasteiger charge is 2.11. The van der Waals surface area contributed by atoms with Crippen molar-refractivity contribution in [2.24, 2.45) is 7.05 Å². The van der Waals surface area contributed by atoms with Crippen LogP contribution >= 0.6 is 0 Å². The minimum atomic E-state index is 0.481. The summed E-state index contributed by atoms with van der Waals surface area (Å²) in [6.07, 6.45) is 1.69. The van der Waals surface area contributed by atoms with Gasteiger partial charge in [0.25, 0.3) is 0 Å². The van der Waals surface area contributed by atoms with Crippen molar-refractivity contribution in [1.29, 1.82) is 0 Å². The molecule has 90 valence electrons. The van der Waals surface area contributed by atoms with Gasteiger partial charge in [0.05, 0.1) is 12.7 Å². The molecule has 0 saturated heterocycles. The molecule has 0 unspecified atom stereocenters. The molecule has 0 atom stereocenters. The molecular weight excluding hydrogens is 214 g/mol. The third kappa shape index (κ3) is 2.30. The molecule has 17 heavy (non-hydrogen) atoms. The molecule has 4 heteroatoms. The van der Waals surface area contributed by atoms with Gasteiger partial charge in [-0.3, -0.25) is 4.68 Å². The van der Waals surface area contributed by atoms with Crippen molar-refractivity contribution in [2.75, 3.05) is 7.11 Å². The number of benzene rings is 1. The van der Waals surface area contributed by atoms with E-state index in [1.807, 2.05) is 13.1 Å². The van der Waals surface area contributed by atoms with Gasteiger partial charge >= 0.3 is 0 Å². The molecule has 0 aliphatic heterocycles. The van der Waals surface area contributed by atoms with Gasteiger partial charge in [-0.2, -0.15) is 5.10 Å². The van der Waals surface area contributed by atoms with Gasteiger partial charge in [-0.05, 0) is 23.6 Å². The van der Waals surface area contributed by atoms with E-state index in [1.165, 1.54) is 5.56 Å². The van der Waals surface area contributed by atoms with Crippen LogP contribution in [-0.2, 0) is 7.05 Å². The van der Waals surface area contributed by atoms with Crippen LogP contribution in [0.25, 0.3) is 11.4 Å². The van der Waals surface area contributed by atoms with E-state index < -0.39 is 0 Å². The third-order valence-corrected chi connectivity index (χ3v) is 2.73. The number of aryl methyl sites for hydroxylation is 1. The second kappa shape index (κ2) is 4.57. The van der Waals surface area contributed by atoms with E-state index in [2.05, 4.69) is 36.1 Å². The Kier molecular flexibility index (Phi) is 3.13. The maximum absolute atomic E-state index is 5.41. The normalized spacial score (nSPS) is 10.9. The average Bonchev–Trinajstić information content (AvgIpc) is 2.74. The van der Waals surface area contributed by atoms with Crippen LogP contribution in [0.5, 0.6) is 5.75 Å². The van der Waals surface area contributed by atoms with Gasteiger partial charge in [-0.15, -0.1) is 0 Å². The van der Waals surface area contributed by atoms with E-state index in [1.54, 1.807) is 18.1 Å². The van der Waals surface area contributed by atoms with Crippen molar-refractivity contribution in [3.8, 4) is 17.1 Å². The average molecular weight is 231 g/mol. The van der Waals surface area contributed by atoms with Gasteiger partial charge in [-0.25, -0.2) is 4.98 Å². The molecule has 0 radical (unpaired) electrons. The molecule has 1 heterocycles. The first-order chi connectivity index (χ1) is 8.11. The molecule has 1 aromatic heterocycles. The highest BCUT2D eigenvalue weighted by Crippen LogP contribution is 2.30. The molecule has 0 saturated carbocycles. The fourth-order valence-electron chi connectivity index (χ4n) is 1.71. The lowest BCUT2D eigenvalue weighted by molar-refractivity contribution is 0.415. The Morgan fingerprint density at radius 2 is 2.06 bits per heavy atom. The second-order valence-electron chi connectivity index (χ2n) is 4.36. The molecule has 0 amide bonds. The van der Waals surface area contributed by atoms with Crippen LogP contribution in [0.2, 0.25) is 0 Å². The largest absolute Gasteiger partial charge is 0.496 e. The Hall–Kier alpha value is -1.84. The number of nitrogens with zero attached hydrogens (tertiary/aromatic N) is 3. The summed E-state index contributed by atoms with van der Waals surface area (Å²) in [4.78, 5) is 4.24. The summed E-state index contributed by atoms with van der Waals surface area (Å²) in [5.41, 5.74) is 2.18. The summed E-state index contributed by atoms with van der Waals surface area (Å²) < 4.78 is 7.10. The predicted octanol–water partition coefficient (Wildman–Crippen LogP) is 2.61. The minimum Gasteiger partial charge on any atom is -0.496 e. The fraction of sp³-hybridized carbons (Fsp3) is 0.385. The summed E-state index contributed by atoms with van der Waals surface area (Å²) in [5, 5.41) is 4.29. The van der Waals surface area contributed by atoms with Crippen molar-refractivity contribution in [1.82, 2.24) is 14.8 Å². The van der Waals surface area contributed by atoms with Gasteiger partial charge < -0.3 is 4.74 Å². The number of hydrogen-bond acceptors (Lipinski definition) is 3. The van der Waals surface area contributed by atoms with Gasteiger partial charge in [0, 0.05) is 7.05 Å². The fourth-order valence-corrected chi connectivity index (χ4v) is 1.71. The molecule has 0 N–H and O–H groups in total. The second-order valence-corrected chi connectivity index (χ2v) is 4.36. The maximum atomic E-state index is 5.41. The van der Waals surface area contributed by atoms with Crippen LogP contribution in [0, 0.1) is 0 Å². The van der Waals surface area contributed by atoms with Crippen LogP contribution in [0.1, 0.15) is 25.3 Å². The Morgan fingerprint density at radius 1 is 1.29 bits per heavy atom. The Morgan fingerprint density at radius 3 is 2.59 bits per heavy atom. The molecular formula is C13H17N3O. The standard InChI is InChI=1S/C13H17N3O/c1-9(2)10-5-6-11(12(7-10)17-4)13-14-8-16(3)15-13/h5-9H,1-4H3. The summed E-state index contributed by atoms with van der Waals surface area (Å²) >= 11 is 0. The van der Waals surface area contributed by atoms with Crippen LogP contribution in [0.3, 0.4) is 0 Å². The van der Waals surface area contributed by atoms with Crippen molar-refractivity contribution in [3.63, 3.8) is 0 Å². The lowest BCUT2D eigenvalue weighted by Gasteiger charge is -2.10. The van der Waals surface area contributed by atoms with E-state index in [-0.39, 0.29) is 0 Å². The van der Waals surface area contributed by atoms with E-state index in [0.717, 1.165) is 11.3 Å². The molecule has 0 aliphatic rings. The zero-order chi connectivity index (χ0) is 12.4. The monoisotopic (exact) mass is 231 g/mol. The summed E-state index contributed by atoms with van der Waals surface area (Å²) in [7, 11) is 3.53. The van der Waals surface area contributed by atoms with E-state index in [4.69, 9.17) is 4.74 Å². The molecule has 2 rings (SSSR count). The number of ether oxygens (including phenoxy) is 1. The first kappa shape index (κ1) is 11.6. The van der Waals surface area contributed by atoms with Gasteiger partial charge in [0.1, 0.15) is 12.1 Å².